The number of carbonyl (C=O) groups is 1. The molecule has 0 spiro atoms. The summed E-state index contributed by atoms with van der Waals surface area (Å²) in [5.41, 5.74) is 12.4. The van der Waals surface area contributed by atoms with Crippen molar-refractivity contribution in [2.24, 2.45) is 5.73 Å². The van der Waals surface area contributed by atoms with Crippen molar-refractivity contribution < 1.29 is 4.79 Å². The summed E-state index contributed by atoms with van der Waals surface area (Å²) in [6.07, 6.45) is 4.08. The molecule has 5 nitrogen and oxygen atoms in total. The molecule has 0 aliphatic carbocycles. The number of rotatable bonds is 2. The number of pyridine rings is 1. The van der Waals surface area contributed by atoms with Crippen molar-refractivity contribution in [1.82, 2.24) is 4.98 Å². The van der Waals surface area contributed by atoms with Crippen molar-refractivity contribution in [2.75, 3.05) is 17.2 Å². The third-order valence-electron chi connectivity index (χ3n) is 2.49. The fourth-order valence-corrected chi connectivity index (χ4v) is 1.61. The first-order valence-electron chi connectivity index (χ1n) is 4.45. The van der Waals surface area contributed by atoms with Crippen LogP contribution in [0.25, 0.3) is 0 Å². The van der Waals surface area contributed by atoms with Gasteiger partial charge in [0.25, 0.3) is 0 Å². The number of nitrogens with zero attached hydrogens (tertiary/aromatic N) is 2. The van der Waals surface area contributed by atoms with Crippen molar-refractivity contribution in [3.63, 3.8) is 0 Å². The predicted octanol–water partition coefficient (Wildman–Crippen LogP) is -0.272. The van der Waals surface area contributed by atoms with E-state index in [0.29, 0.717) is 5.69 Å². The van der Waals surface area contributed by atoms with Crippen LogP contribution in [0.2, 0.25) is 0 Å². The topological polar surface area (TPSA) is 85.2 Å². The van der Waals surface area contributed by atoms with Crippen LogP contribution in [0.4, 0.5) is 11.4 Å². The molecule has 0 bridgehead atoms. The first kappa shape index (κ1) is 8.80. The minimum absolute atomic E-state index is 0.221. The Morgan fingerprint density at radius 3 is 2.93 bits per heavy atom. The Morgan fingerprint density at radius 1 is 1.64 bits per heavy atom. The van der Waals surface area contributed by atoms with Crippen LogP contribution in [0.1, 0.15) is 6.42 Å². The average Bonchev–Trinajstić information content (AvgIpc) is 2.05. The molecule has 1 amide bonds. The molecule has 14 heavy (non-hydrogen) atoms. The molecule has 5 heteroatoms. The van der Waals surface area contributed by atoms with Gasteiger partial charge >= 0.3 is 0 Å². The standard InChI is InChI=1S/C9H12N4O/c10-6-1-3-12-5-8(6)13-4-2-7(13)9(11)14/h1,3,5,7H,2,4H2,(H2,10,12)(H2,11,14). The van der Waals surface area contributed by atoms with Gasteiger partial charge in [0, 0.05) is 12.7 Å². The predicted molar refractivity (Wildman–Crippen MR) is 53.6 cm³/mol. The van der Waals surface area contributed by atoms with Crippen LogP contribution < -0.4 is 16.4 Å². The van der Waals surface area contributed by atoms with Crippen LogP contribution in [-0.4, -0.2) is 23.5 Å². The van der Waals surface area contributed by atoms with Crippen LogP contribution in [0.3, 0.4) is 0 Å². The normalized spacial score (nSPS) is 20.3. The lowest BCUT2D eigenvalue weighted by Crippen LogP contribution is -2.55. The van der Waals surface area contributed by atoms with Gasteiger partial charge in [-0.15, -0.1) is 0 Å². The molecule has 0 saturated carbocycles. The van der Waals surface area contributed by atoms with Crippen molar-refractivity contribution in [2.45, 2.75) is 12.5 Å². The summed E-state index contributed by atoms with van der Waals surface area (Å²) in [5.74, 6) is -0.306. The van der Waals surface area contributed by atoms with E-state index in [-0.39, 0.29) is 11.9 Å². The summed E-state index contributed by atoms with van der Waals surface area (Å²) >= 11 is 0. The van der Waals surface area contributed by atoms with Gasteiger partial charge in [-0.3, -0.25) is 9.78 Å². The molecule has 1 saturated heterocycles. The highest BCUT2D eigenvalue weighted by molar-refractivity contribution is 5.87. The first-order chi connectivity index (χ1) is 6.70. The monoisotopic (exact) mass is 192 g/mol. The van der Waals surface area contributed by atoms with E-state index in [1.165, 1.54) is 0 Å². The van der Waals surface area contributed by atoms with Crippen LogP contribution >= 0.6 is 0 Å². The zero-order valence-corrected chi connectivity index (χ0v) is 7.68. The number of nitrogens with two attached hydrogens (primary N) is 2. The molecule has 0 aromatic carbocycles. The Labute approximate surface area is 81.7 Å². The largest absolute Gasteiger partial charge is 0.397 e. The van der Waals surface area contributed by atoms with Gasteiger partial charge in [-0.1, -0.05) is 0 Å². The van der Waals surface area contributed by atoms with Gasteiger partial charge in [-0.2, -0.15) is 0 Å². The van der Waals surface area contributed by atoms with Crippen molar-refractivity contribution in [1.29, 1.82) is 0 Å². The number of primary amides is 1. The maximum absolute atomic E-state index is 11.0. The number of amides is 1. The first-order valence-corrected chi connectivity index (χ1v) is 4.45. The Kier molecular flexibility index (Phi) is 1.99. The fourth-order valence-electron chi connectivity index (χ4n) is 1.61. The number of hydrogen-bond donors (Lipinski definition) is 2. The maximum Gasteiger partial charge on any atom is 0.240 e. The van der Waals surface area contributed by atoms with Gasteiger partial charge in [0.05, 0.1) is 17.6 Å². The van der Waals surface area contributed by atoms with Crippen LogP contribution in [-0.2, 0) is 4.79 Å². The molecule has 1 aromatic heterocycles. The lowest BCUT2D eigenvalue weighted by molar-refractivity contribution is -0.120. The molecule has 1 aromatic rings. The molecule has 4 N–H and O–H groups in total. The number of aromatic nitrogens is 1. The average molecular weight is 192 g/mol. The SMILES string of the molecule is NC(=O)C1CCN1c1cnccc1N. The highest BCUT2D eigenvalue weighted by Crippen LogP contribution is 2.29. The molecule has 2 heterocycles. The minimum Gasteiger partial charge on any atom is -0.397 e. The Hall–Kier alpha value is -1.78. The van der Waals surface area contributed by atoms with E-state index in [2.05, 4.69) is 4.98 Å². The summed E-state index contributed by atoms with van der Waals surface area (Å²) in [4.78, 5) is 16.8. The number of carbonyl (C=O) groups excluding carboxylic acids is 1. The third-order valence-corrected chi connectivity index (χ3v) is 2.49. The molecule has 74 valence electrons. The molecule has 1 fully saturated rings. The number of hydrogen-bond acceptors (Lipinski definition) is 4. The second-order valence-corrected chi connectivity index (χ2v) is 3.33. The number of anilines is 2. The van der Waals surface area contributed by atoms with Crippen molar-refractivity contribution in [3.8, 4) is 0 Å². The summed E-state index contributed by atoms with van der Waals surface area (Å²) in [6.45, 7) is 0.809. The van der Waals surface area contributed by atoms with E-state index >= 15 is 0 Å². The lowest BCUT2D eigenvalue weighted by Gasteiger charge is -2.40. The lowest BCUT2D eigenvalue weighted by atomic mass is 10.0. The van der Waals surface area contributed by atoms with Crippen molar-refractivity contribution >= 4 is 17.3 Å². The highest BCUT2D eigenvalue weighted by atomic mass is 16.1. The van der Waals surface area contributed by atoms with Crippen molar-refractivity contribution in [3.05, 3.63) is 18.5 Å². The maximum atomic E-state index is 11.0. The van der Waals surface area contributed by atoms with Gasteiger partial charge < -0.3 is 16.4 Å². The fraction of sp³-hybridized carbons (Fsp3) is 0.333. The van der Waals surface area contributed by atoms with E-state index in [1.54, 1.807) is 18.5 Å². The zero-order valence-electron chi connectivity index (χ0n) is 7.68. The van der Waals surface area contributed by atoms with E-state index in [4.69, 9.17) is 11.5 Å². The van der Waals surface area contributed by atoms with Crippen LogP contribution in [0.5, 0.6) is 0 Å². The minimum atomic E-state index is -0.306. The summed E-state index contributed by atoms with van der Waals surface area (Å²) in [6, 6.07) is 1.49. The molecular formula is C9H12N4O. The molecule has 1 aliphatic rings. The van der Waals surface area contributed by atoms with E-state index in [1.807, 2.05) is 4.90 Å². The van der Waals surface area contributed by atoms with Gasteiger partial charge in [-0.05, 0) is 12.5 Å². The molecule has 2 rings (SSSR count). The summed E-state index contributed by atoms with van der Waals surface area (Å²) in [7, 11) is 0. The number of nitrogen functional groups attached to an aromatic ring is 1. The summed E-state index contributed by atoms with van der Waals surface area (Å²) < 4.78 is 0. The van der Waals surface area contributed by atoms with Gasteiger partial charge in [0.2, 0.25) is 5.91 Å². The highest BCUT2D eigenvalue weighted by Gasteiger charge is 2.33. The van der Waals surface area contributed by atoms with Crippen LogP contribution in [0, 0.1) is 0 Å². The Balaban J connectivity index is 2.24. The summed E-state index contributed by atoms with van der Waals surface area (Å²) in [5, 5.41) is 0. The molecule has 1 atom stereocenters. The Bertz CT molecular complexity index is 366. The molecule has 1 unspecified atom stereocenters. The Morgan fingerprint density at radius 2 is 2.43 bits per heavy atom. The molecule has 1 aliphatic heterocycles. The quantitative estimate of drug-likeness (QED) is 0.675. The molecular weight excluding hydrogens is 180 g/mol. The van der Waals surface area contributed by atoms with Gasteiger partial charge in [0.1, 0.15) is 6.04 Å². The van der Waals surface area contributed by atoms with E-state index in [9.17, 15) is 4.79 Å². The van der Waals surface area contributed by atoms with Gasteiger partial charge in [-0.25, -0.2) is 0 Å². The van der Waals surface area contributed by atoms with Crippen LogP contribution in [0.15, 0.2) is 18.5 Å². The van der Waals surface area contributed by atoms with E-state index < -0.39 is 0 Å². The second kappa shape index (κ2) is 3.17. The third kappa shape index (κ3) is 1.26. The van der Waals surface area contributed by atoms with E-state index in [0.717, 1.165) is 18.7 Å². The smallest absolute Gasteiger partial charge is 0.240 e. The second-order valence-electron chi connectivity index (χ2n) is 3.33. The van der Waals surface area contributed by atoms with Gasteiger partial charge in [0.15, 0.2) is 0 Å². The molecule has 0 radical (unpaired) electrons. The zero-order chi connectivity index (χ0) is 10.1.